The summed E-state index contributed by atoms with van der Waals surface area (Å²) in [7, 11) is 3.18. The van der Waals surface area contributed by atoms with E-state index in [9.17, 15) is 5.11 Å². The van der Waals surface area contributed by atoms with E-state index in [1.807, 2.05) is 0 Å². The second kappa shape index (κ2) is 5.63. The molecule has 0 saturated heterocycles. The van der Waals surface area contributed by atoms with Crippen molar-refractivity contribution in [2.75, 3.05) is 14.2 Å². The van der Waals surface area contributed by atoms with E-state index in [-0.39, 0.29) is 0 Å². The molecule has 5 heteroatoms. The Morgan fingerprint density at radius 1 is 1.17 bits per heavy atom. The van der Waals surface area contributed by atoms with Crippen LogP contribution in [0, 0.1) is 0 Å². The van der Waals surface area contributed by atoms with Crippen LogP contribution in [0.15, 0.2) is 12.4 Å². The van der Waals surface area contributed by atoms with Crippen LogP contribution in [-0.2, 0) is 4.74 Å². The highest BCUT2D eigenvalue weighted by Gasteiger charge is 2.42. The maximum Gasteiger partial charge on any atom is 0.238 e. The van der Waals surface area contributed by atoms with Crippen LogP contribution in [0.25, 0.3) is 0 Å². The van der Waals surface area contributed by atoms with Gasteiger partial charge in [0.1, 0.15) is 11.8 Å². The number of rotatable bonds is 4. The van der Waals surface area contributed by atoms with E-state index in [4.69, 9.17) is 9.47 Å². The fourth-order valence-electron chi connectivity index (χ4n) is 2.67. The van der Waals surface area contributed by atoms with Crippen LogP contribution in [0.5, 0.6) is 5.88 Å². The summed E-state index contributed by atoms with van der Waals surface area (Å²) in [5.74, 6) is 0.368. The Kier molecular flexibility index (Phi) is 4.14. The van der Waals surface area contributed by atoms with Gasteiger partial charge in [-0.15, -0.1) is 0 Å². The predicted octanol–water partition coefficient (Wildman–Crippen LogP) is 1.87. The van der Waals surface area contributed by atoms with Crippen molar-refractivity contribution < 1.29 is 14.6 Å². The number of methoxy groups -OCH3 is 2. The second-order valence-corrected chi connectivity index (χ2v) is 4.68. The average molecular weight is 252 g/mol. The van der Waals surface area contributed by atoms with E-state index in [0.29, 0.717) is 11.6 Å². The monoisotopic (exact) mass is 252 g/mol. The van der Waals surface area contributed by atoms with E-state index in [1.165, 1.54) is 13.5 Å². The van der Waals surface area contributed by atoms with Crippen molar-refractivity contribution in [2.45, 2.75) is 43.8 Å². The minimum Gasteiger partial charge on any atom is -0.480 e. The van der Waals surface area contributed by atoms with Gasteiger partial charge in [0.05, 0.1) is 12.7 Å². The molecular weight excluding hydrogens is 232 g/mol. The number of hydrogen-bond acceptors (Lipinski definition) is 5. The van der Waals surface area contributed by atoms with Gasteiger partial charge in [-0.3, -0.25) is 4.98 Å². The molecule has 0 aliphatic heterocycles. The number of ether oxygens (including phenoxy) is 2. The Bertz CT molecular complexity index is 392. The summed E-state index contributed by atoms with van der Waals surface area (Å²) in [4.78, 5) is 8.28. The molecule has 0 radical (unpaired) electrons. The van der Waals surface area contributed by atoms with Gasteiger partial charge in [-0.2, -0.15) is 0 Å². The summed E-state index contributed by atoms with van der Waals surface area (Å²) in [6.45, 7) is 0. The smallest absolute Gasteiger partial charge is 0.238 e. The Morgan fingerprint density at radius 3 is 2.44 bits per heavy atom. The minimum atomic E-state index is -0.800. The summed E-state index contributed by atoms with van der Waals surface area (Å²) < 4.78 is 10.8. The molecule has 1 N–H and O–H groups in total. The molecule has 1 unspecified atom stereocenters. The summed E-state index contributed by atoms with van der Waals surface area (Å²) in [5.41, 5.74) is -0.0922. The largest absolute Gasteiger partial charge is 0.480 e. The van der Waals surface area contributed by atoms with Gasteiger partial charge in [0.25, 0.3) is 0 Å². The zero-order chi connectivity index (χ0) is 13.0. The molecule has 1 aromatic rings. The van der Waals surface area contributed by atoms with Crippen molar-refractivity contribution in [1.82, 2.24) is 9.97 Å². The lowest BCUT2D eigenvalue weighted by molar-refractivity contribution is -0.127. The lowest BCUT2D eigenvalue weighted by Gasteiger charge is -2.39. The first kappa shape index (κ1) is 13.2. The molecule has 1 aromatic heterocycles. The fourth-order valence-corrected chi connectivity index (χ4v) is 2.67. The van der Waals surface area contributed by atoms with Crippen molar-refractivity contribution in [2.24, 2.45) is 0 Å². The third-order valence-corrected chi connectivity index (χ3v) is 3.75. The Morgan fingerprint density at radius 2 is 1.83 bits per heavy atom. The van der Waals surface area contributed by atoms with Crippen LogP contribution in [0.3, 0.4) is 0 Å². The molecule has 1 heterocycles. The molecule has 1 fully saturated rings. The van der Waals surface area contributed by atoms with Gasteiger partial charge in [0.15, 0.2) is 0 Å². The predicted molar refractivity (Wildman–Crippen MR) is 66.4 cm³/mol. The molecule has 0 amide bonds. The maximum atomic E-state index is 10.6. The van der Waals surface area contributed by atoms with Gasteiger partial charge >= 0.3 is 0 Å². The second-order valence-electron chi connectivity index (χ2n) is 4.68. The number of aromatic nitrogens is 2. The van der Waals surface area contributed by atoms with E-state index < -0.39 is 11.7 Å². The van der Waals surface area contributed by atoms with Crippen molar-refractivity contribution in [1.29, 1.82) is 0 Å². The van der Waals surface area contributed by atoms with Crippen LogP contribution < -0.4 is 4.74 Å². The van der Waals surface area contributed by atoms with E-state index in [2.05, 4.69) is 9.97 Å². The first-order chi connectivity index (χ1) is 8.73. The molecule has 0 spiro atoms. The van der Waals surface area contributed by atoms with Crippen LogP contribution in [0.2, 0.25) is 0 Å². The topological polar surface area (TPSA) is 64.5 Å². The van der Waals surface area contributed by atoms with Crippen molar-refractivity contribution in [3.05, 3.63) is 18.1 Å². The maximum absolute atomic E-state index is 10.6. The third-order valence-electron chi connectivity index (χ3n) is 3.75. The van der Waals surface area contributed by atoms with Gasteiger partial charge in [0, 0.05) is 19.5 Å². The quantitative estimate of drug-likeness (QED) is 0.886. The van der Waals surface area contributed by atoms with Crippen molar-refractivity contribution >= 4 is 0 Å². The van der Waals surface area contributed by atoms with Crippen molar-refractivity contribution in [3.8, 4) is 5.88 Å². The summed E-state index contributed by atoms with van der Waals surface area (Å²) >= 11 is 0. The highest BCUT2D eigenvalue weighted by molar-refractivity contribution is 5.23. The Hall–Kier alpha value is -1.20. The molecular formula is C13H20N2O3. The zero-order valence-electron chi connectivity index (χ0n) is 10.9. The lowest BCUT2D eigenvalue weighted by Crippen LogP contribution is -2.41. The molecule has 1 aliphatic rings. The minimum absolute atomic E-state index is 0.368. The van der Waals surface area contributed by atoms with Crippen molar-refractivity contribution in [3.63, 3.8) is 0 Å². The van der Waals surface area contributed by atoms with E-state index in [0.717, 1.165) is 25.7 Å². The van der Waals surface area contributed by atoms with Crippen LogP contribution in [0.4, 0.5) is 0 Å². The highest BCUT2D eigenvalue weighted by atomic mass is 16.5. The first-order valence-electron chi connectivity index (χ1n) is 6.31. The fraction of sp³-hybridized carbons (Fsp3) is 0.692. The molecule has 0 aromatic carbocycles. The number of aliphatic hydroxyl groups is 1. The van der Waals surface area contributed by atoms with Gasteiger partial charge in [-0.25, -0.2) is 4.98 Å². The molecule has 1 aliphatic carbocycles. The lowest BCUT2D eigenvalue weighted by atomic mass is 9.79. The van der Waals surface area contributed by atoms with Crippen LogP contribution >= 0.6 is 0 Å². The van der Waals surface area contributed by atoms with E-state index in [1.54, 1.807) is 19.5 Å². The summed E-state index contributed by atoms with van der Waals surface area (Å²) in [5, 5.41) is 10.6. The SMILES string of the molecule is COc1nccnc1C(O)C1(OC)CCCCC1. The third kappa shape index (κ3) is 2.33. The number of aliphatic hydroxyl groups excluding tert-OH is 1. The normalized spacial score (nSPS) is 20.4. The van der Waals surface area contributed by atoms with Crippen LogP contribution in [-0.4, -0.2) is 34.9 Å². The Balaban J connectivity index is 2.30. The molecule has 1 atom stereocenters. The van der Waals surface area contributed by atoms with Gasteiger partial charge in [-0.05, 0) is 12.8 Å². The number of nitrogens with zero attached hydrogens (tertiary/aromatic N) is 2. The van der Waals surface area contributed by atoms with Crippen LogP contribution in [0.1, 0.15) is 43.9 Å². The summed E-state index contributed by atoms with van der Waals surface area (Å²) in [6.07, 6.45) is 7.31. The molecule has 0 bridgehead atoms. The summed E-state index contributed by atoms with van der Waals surface area (Å²) in [6, 6.07) is 0. The zero-order valence-corrected chi connectivity index (χ0v) is 10.9. The standard InChI is InChI=1S/C13H20N2O3/c1-17-12-10(14-8-9-15-12)11(16)13(18-2)6-4-3-5-7-13/h8-9,11,16H,3-7H2,1-2H3. The van der Waals surface area contributed by atoms with Gasteiger partial charge in [-0.1, -0.05) is 19.3 Å². The molecule has 18 heavy (non-hydrogen) atoms. The van der Waals surface area contributed by atoms with Gasteiger partial charge < -0.3 is 14.6 Å². The Labute approximate surface area is 107 Å². The van der Waals surface area contributed by atoms with Gasteiger partial charge in [0.2, 0.25) is 5.88 Å². The molecule has 2 rings (SSSR count). The highest BCUT2D eigenvalue weighted by Crippen LogP contribution is 2.42. The molecule has 5 nitrogen and oxygen atoms in total. The molecule has 100 valence electrons. The van der Waals surface area contributed by atoms with E-state index >= 15 is 0 Å². The average Bonchev–Trinajstić information content (AvgIpc) is 2.47. The molecule has 1 saturated carbocycles. The number of hydrogen-bond donors (Lipinski definition) is 1. The first-order valence-corrected chi connectivity index (χ1v) is 6.31.